The van der Waals surface area contributed by atoms with E-state index in [2.05, 4.69) is 32.1 Å². The first kappa shape index (κ1) is 23.8. The molecule has 1 amide bonds. The van der Waals surface area contributed by atoms with Crippen LogP contribution in [0, 0.1) is 4.78 Å². The third kappa shape index (κ3) is 5.05. The summed E-state index contributed by atoms with van der Waals surface area (Å²) in [6.07, 6.45) is 4.64. The van der Waals surface area contributed by atoms with Crippen LogP contribution >= 0.6 is 11.6 Å². The normalized spacial score (nSPS) is 15.0. The Bertz CT molecular complexity index is 1550. The van der Waals surface area contributed by atoms with E-state index in [1.165, 1.54) is 6.08 Å². The average Bonchev–Trinajstić information content (AvgIpc) is 3.29. The average molecular weight is 522 g/mol. The Labute approximate surface area is 213 Å². The lowest BCUT2D eigenvalue weighted by Crippen LogP contribution is -2.39. The minimum Gasteiger partial charge on any atom is -0.370 e. The molecule has 3 heterocycles. The second kappa shape index (κ2) is 9.63. The van der Waals surface area contributed by atoms with Crippen LogP contribution < -0.4 is 15.5 Å². The highest BCUT2D eigenvalue weighted by molar-refractivity contribution is 7.92. The van der Waals surface area contributed by atoms with Gasteiger partial charge in [-0.3, -0.25) is 14.1 Å². The van der Waals surface area contributed by atoms with Crippen molar-refractivity contribution in [3.05, 3.63) is 78.6 Å². The topological polar surface area (TPSA) is 116 Å². The van der Waals surface area contributed by atoms with Gasteiger partial charge >= 0.3 is 0 Å². The quantitative estimate of drug-likeness (QED) is 0.314. The van der Waals surface area contributed by atoms with Crippen LogP contribution in [0.4, 0.5) is 23.0 Å². The first-order valence-electron chi connectivity index (χ1n) is 11.2. The lowest BCUT2D eigenvalue weighted by molar-refractivity contribution is -0.111. The highest BCUT2D eigenvalue weighted by Crippen LogP contribution is 2.28. The number of nitrogens with zero attached hydrogens (tertiary/aromatic N) is 4. The lowest BCUT2D eigenvalue weighted by Gasteiger charge is -2.30. The Morgan fingerprint density at radius 3 is 2.56 bits per heavy atom. The van der Waals surface area contributed by atoms with Gasteiger partial charge in [0, 0.05) is 63.0 Å². The molecular formula is C25H24ClN7O2S. The number of amides is 1. The molecule has 0 spiro atoms. The van der Waals surface area contributed by atoms with Crippen molar-refractivity contribution in [3.8, 4) is 5.82 Å². The zero-order valence-corrected chi connectivity index (χ0v) is 20.9. The Hall–Kier alpha value is -3.89. The summed E-state index contributed by atoms with van der Waals surface area (Å²) in [6, 6.07) is 15.3. The summed E-state index contributed by atoms with van der Waals surface area (Å²) in [5.41, 5.74) is 3.38. The molecule has 2 aromatic carbocycles. The Kier molecular flexibility index (Phi) is 6.38. The largest absolute Gasteiger partial charge is 0.370 e. The van der Waals surface area contributed by atoms with Crippen LogP contribution in [0.3, 0.4) is 0 Å². The Morgan fingerprint density at radius 1 is 1.11 bits per heavy atom. The molecule has 0 bridgehead atoms. The van der Waals surface area contributed by atoms with E-state index in [4.69, 9.17) is 16.4 Å². The van der Waals surface area contributed by atoms with E-state index in [0.29, 0.717) is 47.1 Å². The van der Waals surface area contributed by atoms with E-state index in [9.17, 15) is 9.00 Å². The first-order valence-corrected chi connectivity index (χ1v) is 13.5. The lowest BCUT2D eigenvalue weighted by atomic mass is 10.2. The number of carbonyl (C=O) groups excluding carboxylic acids is 1. The van der Waals surface area contributed by atoms with Gasteiger partial charge in [-0.05, 0) is 54.6 Å². The van der Waals surface area contributed by atoms with E-state index in [1.807, 2.05) is 53.2 Å². The van der Waals surface area contributed by atoms with Crippen LogP contribution in [-0.4, -0.2) is 49.2 Å². The summed E-state index contributed by atoms with van der Waals surface area (Å²) in [5, 5.41) is 7.28. The SMILES string of the molecule is C=CC(=O)Nc1ccc2c(ccn2-c2nc(Nc3ccc(N4CCS(=N)(=O)CC4)cc3)ncc2Cl)c1. The maximum atomic E-state index is 11.9. The van der Waals surface area contributed by atoms with Crippen molar-refractivity contribution < 1.29 is 9.00 Å². The number of aromatic nitrogens is 3. The van der Waals surface area contributed by atoms with Gasteiger partial charge in [0.05, 0.1) is 11.7 Å². The van der Waals surface area contributed by atoms with Gasteiger partial charge in [0.2, 0.25) is 11.9 Å². The van der Waals surface area contributed by atoms with Gasteiger partial charge in [0.25, 0.3) is 0 Å². The Morgan fingerprint density at radius 2 is 1.83 bits per heavy atom. The molecule has 1 saturated heterocycles. The smallest absolute Gasteiger partial charge is 0.247 e. The summed E-state index contributed by atoms with van der Waals surface area (Å²) in [7, 11) is -2.42. The molecule has 3 N–H and O–H groups in total. The van der Waals surface area contributed by atoms with E-state index in [1.54, 1.807) is 12.3 Å². The minimum atomic E-state index is -2.42. The summed E-state index contributed by atoms with van der Waals surface area (Å²) in [6.45, 7) is 4.71. The maximum Gasteiger partial charge on any atom is 0.247 e. The number of anilines is 4. The molecule has 0 aliphatic carbocycles. The van der Waals surface area contributed by atoms with Gasteiger partial charge < -0.3 is 15.5 Å². The zero-order chi connectivity index (χ0) is 25.3. The Balaban J connectivity index is 1.35. The number of benzene rings is 2. The molecule has 0 saturated carbocycles. The van der Waals surface area contributed by atoms with Crippen molar-refractivity contribution >= 4 is 61.2 Å². The summed E-state index contributed by atoms with van der Waals surface area (Å²) >= 11 is 6.46. The van der Waals surface area contributed by atoms with Gasteiger partial charge in [-0.2, -0.15) is 4.98 Å². The van der Waals surface area contributed by atoms with Crippen molar-refractivity contribution in [2.24, 2.45) is 0 Å². The fourth-order valence-corrected chi connectivity index (χ4v) is 5.47. The first-order chi connectivity index (χ1) is 17.3. The number of nitrogens with one attached hydrogen (secondary N) is 3. The molecule has 0 atom stereocenters. The van der Waals surface area contributed by atoms with Gasteiger partial charge in [-0.1, -0.05) is 18.2 Å². The minimum absolute atomic E-state index is 0.273. The number of hydrogen-bond acceptors (Lipinski definition) is 7. The van der Waals surface area contributed by atoms with Gasteiger partial charge in [0.15, 0.2) is 5.82 Å². The van der Waals surface area contributed by atoms with E-state index >= 15 is 0 Å². The molecule has 2 aromatic heterocycles. The van der Waals surface area contributed by atoms with Crippen LogP contribution in [-0.2, 0) is 14.5 Å². The monoisotopic (exact) mass is 521 g/mol. The molecule has 1 aliphatic rings. The van der Waals surface area contributed by atoms with E-state index < -0.39 is 9.73 Å². The number of fused-ring (bicyclic) bond motifs is 1. The zero-order valence-electron chi connectivity index (χ0n) is 19.3. The van der Waals surface area contributed by atoms with Crippen LogP contribution in [0.15, 0.2) is 73.6 Å². The van der Waals surface area contributed by atoms with Gasteiger partial charge in [0.1, 0.15) is 5.02 Å². The van der Waals surface area contributed by atoms with Crippen molar-refractivity contribution in [2.45, 2.75) is 0 Å². The number of halogens is 1. The second-order valence-electron chi connectivity index (χ2n) is 8.40. The molecule has 5 rings (SSSR count). The molecule has 36 heavy (non-hydrogen) atoms. The standard InChI is InChI=1S/C25H24ClN7O2S/c1-2-23(34)29-19-5-8-22-17(15-19)9-10-33(22)24-21(26)16-28-25(31-24)30-18-3-6-20(7-4-18)32-11-13-36(27,35)14-12-32/h2-10,15-16,27H,1,11-14H2,(H,29,34)(H,28,30,31). The second-order valence-corrected chi connectivity index (χ2v) is 11.2. The predicted molar refractivity (Wildman–Crippen MR) is 145 cm³/mol. The maximum absolute atomic E-state index is 11.9. The number of rotatable bonds is 6. The molecule has 1 aliphatic heterocycles. The third-order valence-electron chi connectivity index (χ3n) is 5.97. The summed E-state index contributed by atoms with van der Waals surface area (Å²) in [5.74, 6) is 1.44. The fourth-order valence-electron chi connectivity index (χ4n) is 4.06. The molecule has 4 aromatic rings. The number of hydrogen-bond donors (Lipinski definition) is 3. The van der Waals surface area contributed by atoms with Crippen molar-refractivity contribution in [3.63, 3.8) is 0 Å². The highest BCUT2D eigenvalue weighted by atomic mass is 35.5. The molecule has 9 nitrogen and oxygen atoms in total. The van der Waals surface area contributed by atoms with Crippen molar-refractivity contribution in [2.75, 3.05) is 40.1 Å². The summed E-state index contributed by atoms with van der Waals surface area (Å²) < 4.78 is 21.5. The molecule has 11 heteroatoms. The third-order valence-corrected chi connectivity index (χ3v) is 7.92. The van der Waals surface area contributed by atoms with Crippen LogP contribution in [0.2, 0.25) is 5.02 Å². The van der Waals surface area contributed by atoms with Crippen LogP contribution in [0.25, 0.3) is 16.7 Å². The van der Waals surface area contributed by atoms with Gasteiger partial charge in [-0.25, -0.2) is 9.19 Å². The van der Waals surface area contributed by atoms with Crippen LogP contribution in [0.5, 0.6) is 0 Å². The molecule has 0 unspecified atom stereocenters. The van der Waals surface area contributed by atoms with Crippen molar-refractivity contribution in [1.82, 2.24) is 14.5 Å². The van der Waals surface area contributed by atoms with E-state index in [0.717, 1.165) is 22.3 Å². The molecular weight excluding hydrogens is 498 g/mol. The van der Waals surface area contributed by atoms with E-state index in [-0.39, 0.29) is 5.91 Å². The predicted octanol–water partition coefficient (Wildman–Crippen LogP) is 4.81. The van der Waals surface area contributed by atoms with Gasteiger partial charge in [-0.15, -0.1) is 0 Å². The molecule has 1 fully saturated rings. The fraction of sp³-hybridized carbons (Fsp3) is 0.160. The van der Waals surface area contributed by atoms with Crippen LogP contribution in [0.1, 0.15) is 0 Å². The van der Waals surface area contributed by atoms with Crippen molar-refractivity contribution in [1.29, 1.82) is 4.78 Å². The summed E-state index contributed by atoms with van der Waals surface area (Å²) in [4.78, 5) is 22.7. The molecule has 184 valence electrons. The highest BCUT2D eigenvalue weighted by Gasteiger charge is 2.19. The number of carbonyl (C=O) groups is 1. The molecule has 0 radical (unpaired) electrons.